The Balaban J connectivity index is 2.95. The standard InChI is InChI=1S/C5H4N4/c1-4-5(2-6-1)9-8-3-7-4/h1-3,6H. The third-order valence-electron chi connectivity index (χ3n) is 1.12. The molecular formula is C5H4N4. The van der Waals surface area contributed by atoms with Gasteiger partial charge in [-0.1, -0.05) is 0 Å². The number of hydrogen-bond acceptors (Lipinski definition) is 3. The summed E-state index contributed by atoms with van der Waals surface area (Å²) in [7, 11) is 0. The minimum atomic E-state index is 0.803. The molecule has 2 aromatic heterocycles. The smallest absolute Gasteiger partial charge is 0.138 e. The minimum absolute atomic E-state index is 0.803. The third-order valence-corrected chi connectivity index (χ3v) is 1.12. The summed E-state index contributed by atoms with van der Waals surface area (Å²) in [6, 6.07) is 0. The van der Waals surface area contributed by atoms with Crippen molar-refractivity contribution >= 4 is 11.0 Å². The van der Waals surface area contributed by atoms with E-state index >= 15 is 0 Å². The molecule has 9 heavy (non-hydrogen) atoms. The lowest BCUT2D eigenvalue weighted by molar-refractivity contribution is 1.03. The molecule has 0 amide bonds. The number of fused-ring (bicyclic) bond motifs is 1. The average Bonchev–Trinajstić information content (AvgIpc) is 2.33. The van der Waals surface area contributed by atoms with Gasteiger partial charge in [-0.3, -0.25) is 0 Å². The van der Waals surface area contributed by atoms with Gasteiger partial charge in [-0.25, -0.2) is 4.98 Å². The van der Waals surface area contributed by atoms with E-state index in [1.165, 1.54) is 6.33 Å². The molecule has 0 aliphatic heterocycles. The largest absolute Gasteiger partial charge is 0.364 e. The van der Waals surface area contributed by atoms with Gasteiger partial charge in [-0.15, -0.1) is 10.2 Å². The van der Waals surface area contributed by atoms with Crippen molar-refractivity contribution in [1.82, 2.24) is 20.2 Å². The number of aromatic nitrogens is 4. The van der Waals surface area contributed by atoms with Crippen LogP contribution in [0.5, 0.6) is 0 Å². The van der Waals surface area contributed by atoms with Gasteiger partial charge in [0.2, 0.25) is 0 Å². The first-order valence-electron chi connectivity index (χ1n) is 2.57. The molecule has 0 bridgehead atoms. The van der Waals surface area contributed by atoms with Crippen LogP contribution < -0.4 is 0 Å². The van der Waals surface area contributed by atoms with Crippen LogP contribution in [0.3, 0.4) is 0 Å². The maximum Gasteiger partial charge on any atom is 0.138 e. The molecule has 0 saturated carbocycles. The molecule has 0 atom stereocenters. The predicted molar refractivity (Wildman–Crippen MR) is 31.7 cm³/mol. The molecule has 0 radical (unpaired) electrons. The fraction of sp³-hybridized carbons (Fsp3) is 0. The molecule has 0 aliphatic carbocycles. The lowest BCUT2D eigenvalue weighted by Gasteiger charge is -1.79. The second-order valence-electron chi connectivity index (χ2n) is 1.69. The molecule has 44 valence electrons. The first kappa shape index (κ1) is 4.43. The zero-order chi connectivity index (χ0) is 6.10. The summed E-state index contributed by atoms with van der Waals surface area (Å²) in [5, 5.41) is 7.40. The quantitative estimate of drug-likeness (QED) is 0.545. The first-order valence-corrected chi connectivity index (χ1v) is 2.57. The molecule has 0 unspecified atom stereocenters. The van der Waals surface area contributed by atoms with Crippen LogP contribution in [0, 0.1) is 0 Å². The molecular weight excluding hydrogens is 116 g/mol. The highest BCUT2D eigenvalue weighted by Crippen LogP contribution is 2.01. The van der Waals surface area contributed by atoms with Crippen molar-refractivity contribution in [3.63, 3.8) is 0 Å². The fourth-order valence-corrected chi connectivity index (χ4v) is 0.707. The molecule has 4 nitrogen and oxygen atoms in total. The molecule has 0 saturated heterocycles. The van der Waals surface area contributed by atoms with Crippen LogP contribution in [-0.4, -0.2) is 20.2 Å². The SMILES string of the molecule is c1nnc2c[nH]cc2n1. The maximum atomic E-state index is 3.94. The maximum absolute atomic E-state index is 3.94. The van der Waals surface area contributed by atoms with Crippen LogP contribution in [0.25, 0.3) is 11.0 Å². The number of nitrogens with one attached hydrogen (secondary N) is 1. The molecule has 0 aromatic carbocycles. The van der Waals surface area contributed by atoms with E-state index in [4.69, 9.17) is 0 Å². The summed E-state index contributed by atoms with van der Waals surface area (Å²) in [4.78, 5) is 6.81. The highest BCUT2D eigenvalue weighted by molar-refractivity contribution is 5.71. The molecule has 2 aromatic rings. The predicted octanol–water partition coefficient (Wildman–Crippen LogP) is 0.353. The van der Waals surface area contributed by atoms with Crippen LogP contribution in [-0.2, 0) is 0 Å². The Bertz CT molecular complexity index is 283. The van der Waals surface area contributed by atoms with Crippen LogP contribution in [0.2, 0.25) is 0 Å². The Labute approximate surface area is 50.9 Å². The summed E-state index contributed by atoms with van der Waals surface area (Å²) < 4.78 is 0. The van der Waals surface area contributed by atoms with Crippen LogP contribution in [0.15, 0.2) is 18.7 Å². The Morgan fingerprint density at radius 1 is 1.22 bits per heavy atom. The van der Waals surface area contributed by atoms with E-state index in [-0.39, 0.29) is 0 Å². The van der Waals surface area contributed by atoms with Crippen LogP contribution >= 0.6 is 0 Å². The second kappa shape index (κ2) is 1.51. The normalized spacial score (nSPS) is 10.2. The zero-order valence-corrected chi connectivity index (χ0v) is 4.57. The Morgan fingerprint density at radius 2 is 2.11 bits per heavy atom. The highest BCUT2D eigenvalue weighted by Gasteiger charge is 1.91. The van der Waals surface area contributed by atoms with Crippen molar-refractivity contribution in [1.29, 1.82) is 0 Å². The molecule has 2 rings (SSSR count). The minimum Gasteiger partial charge on any atom is -0.364 e. The first-order chi connectivity index (χ1) is 4.47. The lowest BCUT2D eigenvalue weighted by Crippen LogP contribution is -1.80. The van der Waals surface area contributed by atoms with Crippen molar-refractivity contribution in [2.75, 3.05) is 0 Å². The van der Waals surface area contributed by atoms with Gasteiger partial charge in [0, 0.05) is 12.4 Å². The summed E-state index contributed by atoms with van der Waals surface area (Å²) >= 11 is 0. The van der Waals surface area contributed by atoms with Gasteiger partial charge in [0.05, 0.1) is 0 Å². The van der Waals surface area contributed by atoms with E-state index < -0.39 is 0 Å². The Hall–Kier alpha value is -1.45. The van der Waals surface area contributed by atoms with Gasteiger partial charge in [-0.05, 0) is 0 Å². The van der Waals surface area contributed by atoms with E-state index in [9.17, 15) is 0 Å². The molecule has 2 heterocycles. The van der Waals surface area contributed by atoms with Gasteiger partial charge in [0.25, 0.3) is 0 Å². The van der Waals surface area contributed by atoms with Crippen molar-refractivity contribution in [2.24, 2.45) is 0 Å². The average molecular weight is 120 g/mol. The van der Waals surface area contributed by atoms with E-state index in [1.807, 2.05) is 0 Å². The summed E-state index contributed by atoms with van der Waals surface area (Å²) in [6.07, 6.45) is 4.97. The number of nitrogens with zero attached hydrogens (tertiary/aromatic N) is 3. The van der Waals surface area contributed by atoms with Crippen LogP contribution in [0.1, 0.15) is 0 Å². The molecule has 0 fully saturated rings. The van der Waals surface area contributed by atoms with Gasteiger partial charge in [0.1, 0.15) is 17.4 Å². The Morgan fingerprint density at radius 3 is 3.00 bits per heavy atom. The van der Waals surface area contributed by atoms with Gasteiger partial charge in [0.15, 0.2) is 0 Å². The topological polar surface area (TPSA) is 54.5 Å². The third kappa shape index (κ3) is 0.561. The molecule has 4 heteroatoms. The number of aromatic amines is 1. The van der Waals surface area contributed by atoms with Crippen molar-refractivity contribution in [2.45, 2.75) is 0 Å². The van der Waals surface area contributed by atoms with Gasteiger partial charge in [-0.2, -0.15) is 0 Å². The van der Waals surface area contributed by atoms with Gasteiger partial charge < -0.3 is 4.98 Å². The molecule has 0 spiro atoms. The van der Waals surface area contributed by atoms with Crippen molar-refractivity contribution in [3.8, 4) is 0 Å². The van der Waals surface area contributed by atoms with Crippen LogP contribution in [0.4, 0.5) is 0 Å². The Kier molecular flexibility index (Phi) is 0.745. The van der Waals surface area contributed by atoms with Gasteiger partial charge >= 0.3 is 0 Å². The lowest BCUT2D eigenvalue weighted by atomic mass is 10.5. The summed E-state index contributed by atoms with van der Waals surface area (Å²) in [5.74, 6) is 0. The van der Waals surface area contributed by atoms with E-state index in [0.717, 1.165) is 11.0 Å². The second-order valence-corrected chi connectivity index (χ2v) is 1.69. The van der Waals surface area contributed by atoms with E-state index in [0.29, 0.717) is 0 Å². The zero-order valence-electron chi connectivity index (χ0n) is 4.57. The molecule has 0 aliphatic rings. The van der Waals surface area contributed by atoms with Crippen molar-refractivity contribution in [3.05, 3.63) is 18.7 Å². The highest BCUT2D eigenvalue weighted by atomic mass is 15.1. The van der Waals surface area contributed by atoms with E-state index in [1.54, 1.807) is 12.4 Å². The fourth-order valence-electron chi connectivity index (χ4n) is 0.707. The van der Waals surface area contributed by atoms with E-state index in [2.05, 4.69) is 20.2 Å². The molecule has 1 N–H and O–H groups in total. The summed E-state index contributed by atoms with van der Waals surface area (Å²) in [6.45, 7) is 0. The number of hydrogen-bond donors (Lipinski definition) is 1. The van der Waals surface area contributed by atoms with Crippen molar-refractivity contribution < 1.29 is 0 Å². The summed E-state index contributed by atoms with van der Waals surface area (Å²) in [5.41, 5.74) is 1.66. The number of H-pyrrole nitrogens is 1. The monoisotopic (exact) mass is 120 g/mol. The number of rotatable bonds is 0.